The zero-order chi connectivity index (χ0) is 9.84. The van der Waals surface area contributed by atoms with Crippen LogP contribution in [0.15, 0.2) is 16.7 Å². The lowest BCUT2D eigenvalue weighted by atomic mass is 10.4. The molecule has 0 saturated carbocycles. The molecule has 13 heavy (non-hydrogen) atoms. The minimum absolute atomic E-state index is 0.106. The van der Waals surface area contributed by atoms with Gasteiger partial charge in [-0.25, -0.2) is 4.98 Å². The predicted octanol–water partition coefficient (Wildman–Crippen LogP) is 2.64. The number of nitrogens with zero attached hydrogens (tertiary/aromatic N) is 1. The maximum Gasteiger partial charge on any atom is 0.257 e. The molecule has 0 aromatic carbocycles. The number of aromatic nitrogens is 1. The molecule has 72 valence electrons. The van der Waals surface area contributed by atoms with Crippen LogP contribution >= 0.6 is 15.9 Å². The largest absolute Gasteiger partial charge is 0.484 e. The highest BCUT2D eigenvalue weighted by molar-refractivity contribution is 9.10. The third-order valence-electron chi connectivity index (χ3n) is 1.37. The second-order valence-corrected chi connectivity index (χ2v) is 3.65. The van der Waals surface area contributed by atoms with E-state index in [-0.39, 0.29) is 6.10 Å². The van der Waals surface area contributed by atoms with Gasteiger partial charge in [-0.15, -0.1) is 0 Å². The molecule has 1 aromatic rings. The van der Waals surface area contributed by atoms with Crippen molar-refractivity contribution in [2.75, 3.05) is 7.11 Å². The van der Waals surface area contributed by atoms with E-state index in [0.717, 1.165) is 4.47 Å². The van der Waals surface area contributed by atoms with Crippen molar-refractivity contribution in [1.82, 2.24) is 4.98 Å². The minimum atomic E-state index is 0.106. The Morgan fingerprint density at radius 3 is 2.69 bits per heavy atom. The highest BCUT2D eigenvalue weighted by Crippen LogP contribution is 2.33. The van der Waals surface area contributed by atoms with E-state index >= 15 is 0 Å². The Bertz CT molecular complexity index is 289. The standard InChI is InChI=1S/C9H12BrNO2/c1-6(2)13-8-7(10)4-5-11-9(8)12-3/h4-6H,1-3H3. The van der Waals surface area contributed by atoms with Gasteiger partial charge >= 0.3 is 0 Å². The molecule has 4 heteroatoms. The summed E-state index contributed by atoms with van der Waals surface area (Å²) in [6, 6.07) is 1.82. The molecule has 0 radical (unpaired) electrons. The van der Waals surface area contributed by atoms with Crippen LogP contribution in [0.1, 0.15) is 13.8 Å². The molecule has 0 aliphatic heterocycles. The lowest BCUT2D eigenvalue weighted by Gasteiger charge is -2.13. The molecule has 1 heterocycles. The zero-order valence-electron chi connectivity index (χ0n) is 7.87. The van der Waals surface area contributed by atoms with Gasteiger partial charge in [0, 0.05) is 6.20 Å². The SMILES string of the molecule is COc1nccc(Br)c1OC(C)C. The molecule has 0 fully saturated rings. The Kier molecular flexibility index (Phi) is 3.54. The van der Waals surface area contributed by atoms with Crippen molar-refractivity contribution in [1.29, 1.82) is 0 Å². The highest BCUT2D eigenvalue weighted by atomic mass is 79.9. The average Bonchev–Trinajstić information content (AvgIpc) is 2.08. The van der Waals surface area contributed by atoms with E-state index in [0.29, 0.717) is 11.6 Å². The predicted molar refractivity (Wildman–Crippen MR) is 54.3 cm³/mol. The summed E-state index contributed by atoms with van der Waals surface area (Å²) in [5.41, 5.74) is 0. The normalized spacial score (nSPS) is 10.2. The Morgan fingerprint density at radius 1 is 1.46 bits per heavy atom. The smallest absolute Gasteiger partial charge is 0.257 e. The molecule has 0 aliphatic carbocycles. The molecule has 0 amide bonds. The molecule has 1 aromatic heterocycles. The van der Waals surface area contributed by atoms with E-state index in [2.05, 4.69) is 20.9 Å². The fourth-order valence-electron chi connectivity index (χ4n) is 0.895. The Labute approximate surface area is 86.2 Å². The van der Waals surface area contributed by atoms with Crippen LogP contribution in [0.3, 0.4) is 0 Å². The molecule has 3 nitrogen and oxygen atoms in total. The molecule has 0 saturated heterocycles. The fourth-order valence-corrected chi connectivity index (χ4v) is 1.28. The third kappa shape index (κ3) is 2.59. The number of hydrogen-bond acceptors (Lipinski definition) is 3. The van der Waals surface area contributed by atoms with Crippen molar-refractivity contribution in [3.63, 3.8) is 0 Å². The van der Waals surface area contributed by atoms with Crippen LogP contribution in [0.5, 0.6) is 11.6 Å². The van der Waals surface area contributed by atoms with Crippen molar-refractivity contribution >= 4 is 15.9 Å². The van der Waals surface area contributed by atoms with Gasteiger partial charge in [-0.1, -0.05) is 0 Å². The molecule has 0 unspecified atom stereocenters. The number of hydrogen-bond donors (Lipinski definition) is 0. The van der Waals surface area contributed by atoms with Crippen LogP contribution in [0.4, 0.5) is 0 Å². The summed E-state index contributed by atoms with van der Waals surface area (Å²) >= 11 is 3.37. The fraction of sp³-hybridized carbons (Fsp3) is 0.444. The van der Waals surface area contributed by atoms with Gasteiger partial charge in [0.15, 0.2) is 5.75 Å². The summed E-state index contributed by atoms with van der Waals surface area (Å²) in [7, 11) is 1.57. The van der Waals surface area contributed by atoms with E-state index in [4.69, 9.17) is 9.47 Å². The Morgan fingerprint density at radius 2 is 2.15 bits per heavy atom. The van der Waals surface area contributed by atoms with Gasteiger partial charge in [-0.3, -0.25) is 0 Å². The number of pyridine rings is 1. The highest BCUT2D eigenvalue weighted by Gasteiger charge is 2.10. The summed E-state index contributed by atoms with van der Waals surface area (Å²) in [6.45, 7) is 3.91. The quantitative estimate of drug-likeness (QED) is 0.821. The second-order valence-electron chi connectivity index (χ2n) is 2.80. The van der Waals surface area contributed by atoms with Crippen molar-refractivity contribution in [2.45, 2.75) is 20.0 Å². The van der Waals surface area contributed by atoms with Crippen LogP contribution in [-0.2, 0) is 0 Å². The second kappa shape index (κ2) is 4.46. The van der Waals surface area contributed by atoms with Gasteiger partial charge in [-0.2, -0.15) is 0 Å². The van der Waals surface area contributed by atoms with E-state index in [1.54, 1.807) is 13.3 Å². The van der Waals surface area contributed by atoms with Crippen molar-refractivity contribution in [3.8, 4) is 11.6 Å². The molecular formula is C9H12BrNO2. The first-order valence-corrected chi connectivity index (χ1v) is 4.79. The minimum Gasteiger partial charge on any atom is -0.484 e. The summed E-state index contributed by atoms with van der Waals surface area (Å²) in [5.74, 6) is 1.16. The van der Waals surface area contributed by atoms with Gasteiger partial charge < -0.3 is 9.47 Å². The van der Waals surface area contributed by atoms with Gasteiger partial charge in [0.2, 0.25) is 0 Å². The first-order chi connectivity index (χ1) is 6.15. The van der Waals surface area contributed by atoms with E-state index in [1.807, 2.05) is 19.9 Å². The molecule has 0 spiro atoms. The number of rotatable bonds is 3. The Balaban J connectivity index is 3.00. The maximum atomic E-state index is 5.53. The molecule has 0 atom stereocenters. The summed E-state index contributed by atoms with van der Waals surface area (Å²) < 4.78 is 11.4. The maximum absolute atomic E-state index is 5.53. The number of ether oxygens (including phenoxy) is 2. The molecule has 0 bridgehead atoms. The van der Waals surface area contributed by atoms with Crippen LogP contribution in [-0.4, -0.2) is 18.2 Å². The molecule has 1 rings (SSSR count). The third-order valence-corrected chi connectivity index (χ3v) is 2.00. The average molecular weight is 246 g/mol. The number of halogens is 1. The van der Waals surface area contributed by atoms with Crippen LogP contribution in [0.25, 0.3) is 0 Å². The number of methoxy groups -OCH3 is 1. The van der Waals surface area contributed by atoms with Gasteiger partial charge in [-0.05, 0) is 35.8 Å². The van der Waals surface area contributed by atoms with Gasteiger partial charge in [0.25, 0.3) is 5.88 Å². The van der Waals surface area contributed by atoms with Crippen molar-refractivity contribution in [3.05, 3.63) is 16.7 Å². The van der Waals surface area contributed by atoms with Crippen LogP contribution in [0, 0.1) is 0 Å². The van der Waals surface area contributed by atoms with Crippen LogP contribution < -0.4 is 9.47 Å². The van der Waals surface area contributed by atoms with Gasteiger partial charge in [0.1, 0.15) is 0 Å². The summed E-state index contributed by atoms with van der Waals surface area (Å²) in [4.78, 5) is 4.03. The topological polar surface area (TPSA) is 31.4 Å². The van der Waals surface area contributed by atoms with E-state index in [9.17, 15) is 0 Å². The zero-order valence-corrected chi connectivity index (χ0v) is 9.46. The molecule has 0 aliphatic rings. The van der Waals surface area contributed by atoms with E-state index < -0.39 is 0 Å². The van der Waals surface area contributed by atoms with Crippen molar-refractivity contribution < 1.29 is 9.47 Å². The monoisotopic (exact) mass is 245 g/mol. The molecular weight excluding hydrogens is 234 g/mol. The van der Waals surface area contributed by atoms with Crippen molar-refractivity contribution in [2.24, 2.45) is 0 Å². The Hall–Kier alpha value is -0.770. The van der Waals surface area contributed by atoms with Gasteiger partial charge in [0.05, 0.1) is 17.7 Å². The van der Waals surface area contributed by atoms with Crippen LogP contribution in [0.2, 0.25) is 0 Å². The lowest BCUT2D eigenvalue weighted by Crippen LogP contribution is -2.07. The molecule has 0 N–H and O–H groups in total. The first-order valence-electron chi connectivity index (χ1n) is 4.00. The summed E-state index contributed by atoms with van der Waals surface area (Å²) in [6.07, 6.45) is 1.77. The summed E-state index contributed by atoms with van der Waals surface area (Å²) in [5, 5.41) is 0. The first kappa shape index (κ1) is 10.3. The lowest BCUT2D eigenvalue weighted by molar-refractivity contribution is 0.225. The van der Waals surface area contributed by atoms with E-state index in [1.165, 1.54) is 0 Å².